The molecule has 0 aromatic heterocycles. The van der Waals surface area contributed by atoms with Gasteiger partial charge in [-0.3, -0.25) is 0 Å². The Morgan fingerprint density at radius 3 is 2.67 bits per heavy atom. The third-order valence-electron chi connectivity index (χ3n) is 4.11. The van der Waals surface area contributed by atoms with Gasteiger partial charge >= 0.3 is 0 Å². The van der Waals surface area contributed by atoms with Crippen molar-refractivity contribution >= 4 is 10.0 Å². The van der Waals surface area contributed by atoms with E-state index in [0.717, 1.165) is 19.4 Å². The first-order valence-electron chi connectivity index (χ1n) is 7.44. The Balaban J connectivity index is 2.14. The van der Waals surface area contributed by atoms with Crippen LogP contribution in [-0.2, 0) is 10.0 Å². The Kier molecular flexibility index (Phi) is 5.35. The molecule has 1 aliphatic heterocycles. The molecule has 2 rings (SSSR count). The second kappa shape index (κ2) is 6.85. The van der Waals surface area contributed by atoms with E-state index in [2.05, 4.69) is 12.2 Å². The molecular formula is C15H23FN2O2S. The Bertz CT molecular complexity index is 560. The third-order valence-corrected chi connectivity index (χ3v) is 5.98. The maximum atomic E-state index is 13.0. The van der Waals surface area contributed by atoms with Gasteiger partial charge in [-0.1, -0.05) is 6.92 Å². The fourth-order valence-electron chi connectivity index (χ4n) is 2.84. The highest BCUT2D eigenvalue weighted by atomic mass is 32.2. The molecule has 4 nitrogen and oxygen atoms in total. The zero-order valence-electron chi connectivity index (χ0n) is 12.5. The minimum absolute atomic E-state index is 0.167. The molecule has 118 valence electrons. The molecule has 0 aliphatic carbocycles. The minimum Gasteiger partial charge on any atom is -0.314 e. The highest BCUT2D eigenvalue weighted by Crippen LogP contribution is 2.25. The van der Waals surface area contributed by atoms with Crippen LogP contribution in [0, 0.1) is 11.7 Å². The second-order valence-corrected chi connectivity index (χ2v) is 7.50. The van der Waals surface area contributed by atoms with Crippen molar-refractivity contribution in [3.05, 3.63) is 30.1 Å². The molecular weight excluding hydrogens is 291 g/mol. The van der Waals surface area contributed by atoms with Gasteiger partial charge in [-0.15, -0.1) is 0 Å². The summed E-state index contributed by atoms with van der Waals surface area (Å²) in [6.45, 7) is 6.08. The van der Waals surface area contributed by atoms with Crippen molar-refractivity contribution in [2.45, 2.75) is 37.6 Å². The number of nitrogens with zero attached hydrogens (tertiary/aromatic N) is 1. The topological polar surface area (TPSA) is 49.4 Å². The molecule has 1 aliphatic rings. The van der Waals surface area contributed by atoms with Crippen molar-refractivity contribution in [1.29, 1.82) is 0 Å². The van der Waals surface area contributed by atoms with Gasteiger partial charge in [-0.05, 0) is 56.5 Å². The van der Waals surface area contributed by atoms with E-state index in [1.165, 1.54) is 28.6 Å². The quantitative estimate of drug-likeness (QED) is 0.906. The summed E-state index contributed by atoms with van der Waals surface area (Å²) in [4.78, 5) is 0.167. The highest BCUT2D eigenvalue weighted by molar-refractivity contribution is 7.89. The van der Waals surface area contributed by atoms with Crippen molar-refractivity contribution in [3.8, 4) is 0 Å². The van der Waals surface area contributed by atoms with Gasteiger partial charge in [0.25, 0.3) is 0 Å². The molecule has 1 saturated heterocycles. The Morgan fingerprint density at radius 1 is 1.38 bits per heavy atom. The van der Waals surface area contributed by atoms with Crippen molar-refractivity contribution in [2.75, 3.05) is 19.6 Å². The number of hydrogen-bond donors (Lipinski definition) is 1. The molecule has 1 N–H and O–H groups in total. The predicted octanol–water partition coefficient (Wildman–Crippen LogP) is 2.22. The molecule has 21 heavy (non-hydrogen) atoms. The number of hydrogen-bond acceptors (Lipinski definition) is 3. The van der Waals surface area contributed by atoms with Crippen molar-refractivity contribution in [3.63, 3.8) is 0 Å². The number of piperidine rings is 1. The molecule has 0 spiro atoms. The van der Waals surface area contributed by atoms with Gasteiger partial charge in [0.1, 0.15) is 5.82 Å². The lowest BCUT2D eigenvalue weighted by Gasteiger charge is -2.35. The molecule has 0 saturated carbocycles. The van der Waals surface area contributed by atoms with E-state index in [9.17, 15) is 12.8 Å². The average molecular weight is 314 g/mol. The standard InChI is InChI=1S/C15H23FN2O2S/c1-3-17-12(2)13-5-4-10-18(11-13)21(19,20)15-8-6-14(16)7-9-15/h6-9,12-13,17H,3-5,10-11H2,1-2H3. The lowest BCUT2D eigenvalue weighted by Crippen LogP contribution is -2.46. The Labute approximate surface area is 126 Å². The molecule has 0 bridgehead atoms. The van der Waals surface area contributed by atoms with Gasteiger partial charge in [-0.2, -0.15) is 4.31 Å². The molecule has 1 fully saturated rings. The van der Waals surface area contributed by atoms with E-state index in [-0.39, 0.29) is 4.90 Å². The first-order chi connectivity index (χ1) is 9.95. The lowest BCUT2D eigenvalue weighted by atomic mass is 9.93. The first-order valence-corrected chi connectivity index (χ1v) is 8.88. The number of rotatable bonds is 5. The first kappa shape index (κ1) is 16.4. The monoisotopic (exact) mass is 314 g/mol. The summed E-state index contributed by atoms with van der Waals surface area (Å²) in [5, 5.41) is 3.36. The van der Waals surface area contributed by atoms with Crippen LogP contribution in [0.3, 0.4) is 0 Å². The van der Waals surface area contributed by atoms with E-state index in [0.29, 0.717) is 25.0 Å². The molecule has 0 amide bonds. The van der Waals surface area contributed by atoms with Gasteiger partial charge in [0, 0.05) is 19.1 Å². The Hall–Kier alpha value is -0.980. The molecule has 6 heteroatoms. The lowest BCUT2D eigenvalue weighted by molar-refractivity contribution is 0.225. The third kappa shape index (κ3) is 3.81. The van der Waals surface area contributed by atoms with E-state index in [4.69, 9.17) is 0 Å². The molecule has 1 aromatic carbocycles. The zero-order valence-corrected chi connectivity index (χ0v) is 13.4. The van der Waals surface area contributed by atoms with E-state index < -0.39 is 15.8 Å². The number of benzene rings is 1. The maximum Gasteiger partial charge on any atom is 0.243 e. The fraction of sp³-hybridized carbons (Fsp3) is 0.600. The van der Waals surface area contributed by atoms with Gasteiger partial charge in [0.2, 0.25) is 10.0 Å². The Morgan fingerprint density at radius 2 is 2.05 bits per heavy atom. The summed E-state index contributed by atoms with van der Waals surface area (Å²) in [6, 6.07) is 5.34. The summed E-state index contributed by atoms with van der Waals surface area (Å²) in [6.07, 6.45) is 1.89. The number of sulfonamides is 1. The van der Waals surface area contributed by atoms with Gasteiger partial charge < -0.3 is 5.32 Å². The maximum absolute atomic E-state index is 13.0. The van der Waals surface area contributed by atoms with Crippen LogP contribution >= 0.6 is 0 Å². The summed E-state index contributed by atoms with van der Waals surface area (Å²) in [5.74, 6) is -0.111. The van der Waals surface area contributed by atoms with Crippen LogP contribution < -0.4 is 5.32 Å². The normalized spacial score (nSPS) is 22.1. The number of halogens is 1. The van der Waals surface area contributed by atoms with Crippen molar-refractivity contribution in [1.82, 2.24) is 9.62 Å². The highest BCUT2D eigenvalue weighted by Gasteiger charge is 2.32. The minimum atomic E-state index is -3.52. The summed E-state index contributed by atoms with van der Waals surface area (Å²) in [5.41, 5.74) is 0. The largest absolute Gasteiger partial charge is 0.314 e. The van der Waals surface area contributed by atoms with E-state index in [1.807, 2.05) is 6.92 Å². The SMILES string of the molecule is CCNC(C)C1CCCN(S(=O)(=O)c2ccc(F)cc2)C1. The van der Waals surface area contributed by atoms with E-state index >= 15 is 0 Å². The molecule has 1 aromatic rings. The van der Waals surface area contributed by atoms with Crippen molar-refractivity contribution < 1.29 is 12.8 Å². The molecule has 2 atom stereocenters. The van der Waals surface area contributed by atoms with Gasteiger partial charge in [0.15, 0.2) is 0 Å². The van der Waals surface area contributed by atoms with Crippen LogP contribution in [0.5, 0.6) is 0 Å². The van der Waals surface area contributed by atoms with Crippen LogP contribution in [0.15, 0.2) is 29.2 Å². The van der Waals surface area contributed by atoms with Crippen LogP contribution in [0.1, 0.15) is 26.7 Å². The van der Waals surface area contributed by atoms with E-state index in [1.54, 1.807) is 0 Å². The average Bonchev–Trinajstić information content (AvgIpc) is 2.48. The predicted molar refractivity (Wildman–Crippen MR) is 81.0 cm³/mol. The summed E-state index contributed by atoms with van der Waals surface area (Å²) >= 11 is 0. The second-order valence-electron chi connectivity index (χ2n) is 5.57. The van der Waals surface area contributed by atoms with Crippen LogP contribution in [-0.4, -0.2) is 38.4 Å². The van der Waals surface area contributed by atoms with Crippen molar-refractivity contribution in [2.24, 2.45) is 5.92 Å². The molecule has 0 radical (unpaired) electrons. The summed E-state index contributed by atoms with van der Waals surface area (Å²) < 4.78 is 39.7. The van der Waals surface area contributed by atoms with Crippen LogP contribution in [0.2, 0.25) is 0 Å². The van der Waals surface area contributed by atoms with Gasteiger partial charge in [0.05, 0.1) is 4.90 Å². The van der Waals surface area contributed by atoms with Crippen LogP contribution in [0.25, 0.3) is 0 Å². The zero-order chi connectivity index (χ0) is 15.5. The summed E-state index contributed by atoms with van der Waals surface area (Å²) in [7, 11) is -3.52. The molecule has 2 unspecified atom stereocenters. The van der Waals surface area contributed by atoms with Gasteiger partial charge in [-0.25, -0.2) is 12.8 Å². The molecule has 1 heterocycles. The number of nitrogens with one attached hydrogen (secondary N) is 1. The fourth-order valence-corrected chi connectivity index (χ4v) is 4.38. The van der Waals surface area contributed by atoms with Crippen LogP contribution in [0.4, 0.5) is 4.39 Å². The smallest absolute Gasteiger partial charge is 0.243 e.